The summed E-state index contributed by atoms with van der Waals surface area (Å²) in [6.07, 6.45) is 7.43. The van der Waals surface area contributed by atoms with E-state index < -0.39 is 36.1 Å². The molecule has 69 heavy (non-hydrogen) atoms. The van der Waals surface area contributed by atoms with Crippen LogP contribution in [0.4, 0.5) is 14.0 Å². The summed E-state index contributed by atoms with van der Waals surface area (Å²) in [7, 11) is 0. The Bertz CT molecular complexity index is 2650. The molecule has 4 unspecified atom stereocenters. The predicted molar refractivity (Wildman–Crippen MR) is 252 cm³/mol. The second-order valence-corrected chi connectivity index (χ2v) is 17.8. The number of aromatic amines is 2. The first-order chi connectivity index (χ1) is 33.7. The molecule has 4 saturated heterocycles. The van der Waals surface area contributed by atoms with Gasteiger partial charge in [-0.1, -0.05) is 61.2 Å². The zero-order valence-electron chi connectivity index (χ0n) is 38.6. The Kier molecular flexibility index (Phi) is 15.0. The van der Waals surface area contributed by atoms with Gasteiger partial charge in [0.15, 0.2) is 0 Å². The third-order valence-corrected chi connectivity index (χ3v) is 13.2. The number of carbonyl (C=O) groups is 4. The first-order valence-corrected chi connectivity index (χ1v) is 24.0. The molecule has 0 aliphatic carbocycles. The summed E-state index contributed by atoms with van der Waals surface area (Å²) < 4.78 is 37.7. The average Bonchev–Trinajstić information content (AvgIpc) is 4.23. The highest BCUT2D eigenvalue weighted by Gasteiger charge is 2.39. The number of hydrogen-bond donors (Lipinski definition) is 4. The number of aromatic nitrogens is 4. The van der Waals surface area contributed by atoms with Gasteiger partial charge in [-0.2, -0.15) is 0 Å². The number of imidazole rings is 2. The van der Waals surface area contributed by atoms with E-state index in [1.807, 2.05) is 49.4 Å². The highest BCUT2D eigenvalue weighted by Crippen LogP contribution is 2.35. The number of ether oxygens (including phenoxy) is 4. The van der Waals surface area contributed by atoms with E-state index in [0.717, 1.165) is 36.1 Å². The molecule has 360 valence electrons. The van der Waals surface area contributed by atoms with Gasteiger partial charge in [0.2, 0.25) is 5.91 Å². The maximum Gasteiger partial charge on any atom is 0.408 e. The van der Waals surface area contributed by atoms with E-state index >= 15 is 4.39 Å². The Balaban J connectivity index is 0.812. The quantitative estimate of drug-likeness (QED) is 0.0903. The minimum absolute atomic E-state index is 0.161. The van der Waals surface area contributed by atoms with Crippen LogP contribution in [-0.2, 0) is 28.5 Å². The first kappa shape index (κ1) is 47.1. The average molecular weight is 941 g/mol. The Morgan fingerprint density at radius 2 is 1.26 bits per heavy atom. The van der Waals surface area contributed by atoms with Crippen LogP contribution in [-0.4, -0.2) is 112 Å². The molecule has 4 aliphatic heterocycles. The fourth-order valence-corrected chi connectivity index (χ4v) is 9.47. The highest BCUT2D eigenvalue weighted by molar-refractivity contribution is 5.88. The van der Waals surface area contributed by atoms with Crippen LogP contribution in [0.2, 0.25) is 0 Å². The number of carbonyl (C=O) groups excluding carboxylic acids is 4. The van der Waals surface area contributed by atoms with Crippen molar-refractivity contribution in [2.24, 2.45) is 0 Å². The lowest BCUT2D eigenvalue weighted by molar-refractivity contribution is -0.135. The van der Waals surface area contributed by atoms with Gasteiger partial charge in [0.25, 0.3) is 5.91 Å². The molecule has 5 aromatic rings. The van der Waals surface area contributed by atoms with Crippen LogP contribution in [0.15, 0.2) is 85.2 Å². The van der Waals surface area contributed by atoms with Gasteiger partial charge >= 0.3 is 12.2 Å². The lowest BCUT2D eigenvalue weighted by atomic mass is 10.0. The normalized spacial score (nSPS) is 19.6. The number of rotatable bonds is 12. The molecular weight excluding hydrogens is 884 g/mol. The number of nitrogens with one attached hydrogen (secondary N) is 4. The fourth-order valence-electron chi connectivity index (χ4n) is 9.47. The number of alkyl carbamates (subject to hydrolysis) is 2. The van der Waals surface area contributed by atoms with Gasteiger partial charge < -0.3 is 49.3 Å². The molecule has 6 heterocycles. The molecule has 4 atom stereocenters. The van der Waals surface area contributed by atoms with Gasteiger partial charge in [-0.3, -0.25) is 9.59 Å². The maximum atomic E-state index is 15.8. The number of nitrogens with zero attached hydrogens (tertiary/aromatic N) is 4. The fraction of sp³-hybridized carbons (Fsp3) is 0.423. The lowest BCUT2D eigenvalue weighted by Gasteiger charge is -2.29. The molecule has 4 aliphatic rings. The SMILES string of the molecule is CCC(NC(=O)OC1CCOCC1)C(=O)N1CCCC1c1ncc(-c2ccc(C#Cc3ccc(-c4cnc(C5CCCN5C(=O)C(NC(=O)OC5CCOCC5)c5ccccc5)[nH]4)c(F)c3)cc2)[nH]1. The third-order valence-electron chi connectivity index (χ3n) is 13.2. The Hall–Kier alpha value is -7.03. The van der Waals surface area contributed by atoms with Gasteiger partial charge in [0.1, 0.15) is 41.8 Å². The van der Waals surface area contributed by atoms with Crippen LogP contribution in [0.25, 0.3) is 22.5 Å². The van der Waals surface area contributed by atoms with Gasteiger partial charge in [0, 0.05) is 55.5 Å². The molecule has 2 aromatic heterocycles. The summed E-state index contributed by atoms with van der Waals surface area (Å²) in [4.78, 5) is 73.1. The second kappa shape index (κ2) is 21.9. The number of likely N-dealkylation sites (tertiary alicyclic amines) is 2. The summed E-state index contributed by atoms with van der Waals surface area (Å²) in [6.45, 7) is 5.03. The van der Waals surface area contributed by atoms with Crippen molar-refractivity contribution in [3.8, 4) is 34.4 Å². The molecule has 4 fully saturated rings. The van der Waals surface area contributed by atoms with Gasteiger partial charge in [-0.15, -0.1) is 0 Å². The zero-order valence-corrected chi connectivity index (χ0v) is 38.6. The first-order valence-electron chi connectivity index (χ1n) is 24.0. The minimum atomic E-state index is -0.970. The third kappa shape index (κ3) is 11.3. The summed E-state index contributed by atoms with van der Waals surface area (Å²) in [6, 6.07) is 19.2. The van der Waals surface area contributed by atoms with Crippen LogP contribution in [0.1, 0.15) is 111 Å². The van der Waals surface area contributed by atoms with Gasteiger partial charge in [0.05, 0.1) is 62.3 Å². The van der Waals surface area contributed by atoms with E-state index in [1.165, 1.54) is 6.07 Å². The molecule has 3 aromatic carbocycles. The summed E-state index contributed by atoms with van der Waals surface area (Å²) in [5, 5.41) is 5.60. The molecular formula is C52H57FN8O8. The number of hydrogen-bond acceptors (Lipinski definition) is 10. The minimum Gasteiger partial charge on any atom is -0.446 e. The van der Waals surface area contributed by atoms with E-state index in [1.54, 1.807) is 46.5 Å². The van der Waals surface area contributed by atoms with Crippen LogP contribution < -0.4 is 10.6 Å². The number of benzene rings is 3. The molecule has 9 rings (SSSR count). The molecule has 0 bridgehead atoms. The Labute approximate surface area is 400 Å². The zero-order chi connectivity index (χ0) is 47.7. The van der Waals surface area contributed by atoms with Crippen molar-refractivity contribution < 1.29 is 42.5 Å². The van der Waals surface area contributed by atoms with E-state index in [2.05, 4.69) is 42.4 Å². The van der Waals surface area contributed by atoms with E-state index in [-0.39, 0.29) is 30.1 Å². The molecule has 0 saturated carbocycles. The summed E-state index contributed by atoms with van der Waals surface area (Å²) in [5.74, 6) is 6.48. The van der Waals surface area contributed by atoms with Crippen molar-refractivity contribution in [2.45, 2.75) is 101 Å². The predicted octanol–water partition coefficient (Wildman–Crippen LogP) is 7.66. The van der Waals surface area contributed by atoms with Crippen LogP contribution in [0.3, 0.4) is 0 Å². The maximum absolute atomic E-state index is 15.8. The number of amides is 4. The van der Waals surface area contributed by atoms with Crippen molar-refractivity contribution >= 4 is 24.0 Å². The van der Waals surface area contributed by atoms with E-state index in [4.69, 9.17) is 18.9 Å². The smallest absolute Gasteiger partial charge is 0.408 e. The van der Waals surface area contributed by atoms with E-state index in [0.29, 0.717) is 112 Å². The van der Waals surface area contributed by atoms with Crippen molar-refractivity contribution in [1.29, 1.82) is 0 Å². The van der Waals surface area contributed by atoms with Crippen molar-refractivity contribution in [3.63, 3.8) is 0 Å². The second-order valence-electron chi connectivity index (χ2n) is 17.8. The molecule has 0 spiro atoms. The van der Waals surface area contributed by atoms with Crippen molar-refractivity contribution in [3.05, 3.63) is 119 Å². The Morgan fingerprint density at radius 3 is 1.87 bits per heavy atom. The van der Waals surface area contributed by atoms with Crippen molar-refractivity contribution in [1.82, 2.24) is 40.4 Å². The Morgan fingerprint density at radius 1 is 0.710 bits per heavy atom. The van der Waals surface area contributed by atoms with Gasteiger partial charge in [-0.05, 0) is 73.6 Å². The molecule has 16 nitrogen and oxygen atoms in total. The molecule has 0 radical (unpaired) electrons. The van der Waals surface area contributed by atoms with Crippen LogP contribution >= 0.6 is 0 Å². The van der Waals surface area contributed by atoms with E-state index in [9.17, 15) is 19.2 Å². The molecule has 17 heteroatoms. The lowest BCUT2D eigenvalue weighted by Crippen LogP contribution is -2.49. The standard InChI is InChI=1S/C52H57FN8O8/c1-2-41(58-51(64)68-37-20-26-66-27-21-37)49(62)60-24-6-10-44(60)47-54-31-42(56-47)35-17-14-33(15-18-35)12-13-34-16-19-39(40(53)30-34)43-32-55-48(57-43)45-11-7-25-61(45)50(63)46(36-8-4-3-5-9-36)59-52(65)69-38-22-28-67-29-23-38/h3-5,8-9,14-19,30-32,37-38,41,44-46H,2,6-7,10-11,20-29H2,1H3,(H,54,56)(H,55,57)(H,58,64)(H,59,65). The number of halogens is 1. The summed E-state index contributed by atoms with van der Waals surface area (Å²) >= 11 is 0. The largest absolute Gasteiger partial charge is 0.446 e. The van der Waals surface area contributed by atoms with Crippen molar-refractivity contribution in [2.75, 3.05) is 39.5 Å². The summed E-state index contributed by atoms with van der Waals surface area (Å²) in [5.41, 5.74) is 4.32. The highest BCUT2D eigenvalue weighted by atomic mass is 19.1. The molecule has 4 amide bonds. The molecule has 4 N–H and O–H groups in total. The van der Waals surface area contributed by atoms with Crippen LogP contribution in [0, 0.1) is 17.7 Å². The monoisotopic (exact) mass is 940 g/mol. The van der Waals surface area contributed by atoms with Crippen LogP contribution in [0.5, 0.6) is 0 Å². The number of H-pyrrole nitrogens is 2. The van der Waals surface area contributed by atoms with Gasteiger partial charge in [-0.25, -0.2) is 23.9 Å². The topological polar surface area (TPSA) is 193 Å².